The van der Waals surface area contributed by atoms with Crippen LogP contribution in [-0.2, 0) is 9.53 Å². The average molecular weight is 369 g/mol. The summed E-state index contributed by atoms with van der Waals surface area (Å²) in [5.74, 6) is -0.681. The van der Waals surface area contributed by atoms with Gasteiger partial charge in [0.2, 0.25) is 5.78 Å². The molecule has 0 heterocycles. The smallest absolute Gasteiger partial charge is 0.308 e. The molecular weight excluding hydrogens is 346 g/mol. The number of ketones is 1. The largest absolute Gasteiger partial charge is 0.496 e. The van der Waals surface area contributed by atoms with Gasteiger partial charge in [0.15, 0.2) is 6.61 Å². The van der Waals surface area contributed by atoms with Gasteiger partial charge in [-0.3, -0.25) is 14.4 Å². The molecule has 27 heavy (non-hydrogen) atoms. The van der Waals surface area contributed by atoms with Crippen molar-refractivity contribution in [3.8, 4) is 5.75 Å². The van der Waals surface area contributed by atoms with E-state index in [2.05, 4.69) is 5.32 Å². The molecule has 0 atom stereocenters. The predicted octanol–water partition coefficient (Wildman–Crippen LogP) is 2.86. The number of rotatable bonds is 8. The molecule has 0 unspecified atom stereocenters. The van der Waals surface area contributed by atoms with Crippen LogP contribution < -0.4 is 10.1 Å². The van der Waals surface area contributed by atoms with E-state index in [1.165, 1.54) is 7.11 Å². The van der Waals surface area contributed by atoms with Crippen molar-refractivity contribution in [2.45, 2.75) is 20.3 Å². The van der Waals surface area contributed by atoms with Crippen molar-refractivity contribution < 1.29 is 23.9 Å². The van der Waals surface area contributed by atoms with E-state index >= 15 is 0 Å². The molecule has 1 amide bonds. The van der Waals surface area contributed by atoms with E-state index in [-0.39, 0.29) is 31.3 Å². The van der Waals surface area contributed by atoms with E-state index in [1.807, 2.05) is 26.0 Å². The summed E-state index contributed by atoms with van der Waals surface area (Å²) >= 11 is 0. The first-order valence-electron chi connectivity index (χ1n) is 8.59. The Morgan fingerprint density at radius 2 is 1.74 bits per heavy atom. The fourth-order valence-electron chi connectivity index (χ4n) is 2.54. The first-order valence-corrected chi connectivity index (χ1v) is 8.59. The SMILES string of the molecule is COc1ccccc1C(=O)NCCC(=O)OCC(=O)c1cc(C)ccc1C. The lowest BCUT2D eigenvalue weighted by molar-refractivity contribution is -0.142. The Morgan fingerprint density at radius 3 is 2.48 bits per heavy atom. The van der Waals surface area contributed by atoms with Crippen LogP contribution in [0.2, 0.25) is 0 Å². The number of Topliss-reactive ketones (excluding diaryl/α,β-unsaturated/α-hetero) is 1. The fraction of sp³-hybridized carbons (Fsp3) is 0.286. The normalized spacial score (nSPS) is 10.2. The molecule has 0 bridgehead atoms. The molecule has 142 valence electrons. The maximum atomic E-state index is 12.2. The van der Waals surface area contributed by atoms with Crippen molar-refractivity contribution in [2.75, 3.05) is 20.3 Å². The molecule has 0 spiro atoms. The van der Waals surface area contributed by atoms with Crippen molar-refractivity contribution in [2.24, 2.45) is 0 Å². The van der Waals surface area contributed by atoms with Crippen molar-refractivity contribution >= 4 is 17.7 Å². The van der Waals surface area contributed by atoms with Crippen LogP contribution in [0.1, 0.15) is 38.3 Å². The van der Waals surface area contributed by atoms with Crippen LogP contribution in [0.15, 0.2) is 42.5 Å². The number of carbonyl (C=O) groups is 3. The Balaban J connectivity index is 1.78. The van der Waals surface area contributed by atoms with Crippen molar-refractivity contribution in [3.05, 3.63) is 64.7 Å². The lowest BCUT2D eigenvalue weighted by Crippen LogP contribution is -2.27. The van der Waals surface area contributed by atoms with E-state index in [0.29, 0.717) is 16.9 Å². The molecule has 6 nitrogen and oxygen atoms in total. The summed E-state index contributed by atoms with van der Waals surface area (Å²) in [6.45, 7) is 3.52. The maximum absolute atomic E-state index is 12.2. The second-order valence-corrected chi connectivity index (χ2v) is 6.11. The van der Waals surface area contributed by atoms with Crippen molar-refractivity contribution in [3.63, 3.8) is 0 Å². The quantitative estimate of drug-likeness (QED) is 0.572. The predicted molar refractivity (Wildman–Crippen MR) is 101 cm³/mol. The summed E-state index contributed by atoms with van der Waals surface area (Å²) in [6, 6.07) is 12.4. The number of hydrogen-bond acceptors (Lipinski definition) is 5. The van der Waals surface area contributed by atoms with Crippen LogP contribution in [0.4, 0.5) is 0 Å². The number of ether oxygens (including phenoxy) is 2. The van der Waals surface area contributed by atoms with Gasteiger partial charge in [-0.05, 0) is 37.6 Å². The van der Waals surface area contributed by atoms with Gasteiger partial charge in [-0.25, -0.2) is 0 Å². The van der Waals surface area contributed by atoms with Gasteiger partial charge in [0.25, 0.3) is 5.91 Å². The number of para-hydroxylation sites is 1. The third-order valence-electron chi connectivity index (χ3n) is 4.02. The highest BCUT2D eigenvalue weighted by molar-refractivity contribution is 5.99. The molecule has 2 rings (SSSR count). The summed E-state index contributed by atoms with van der Waals surface area (Å²) in [4.78, 5) is 36.1. The molecule has 0 radical (unpaired) electrons. The lowest BCUT2D eigenvalue weighted by Gasteiger charge is -2.09. The Labute approximate surface area is 158 Å². The second kappa shape index (κ2) is 9.52. The van der Waals surface area contributed by atoms with Crippen molar-refractivity contribution in [1.29, 1.82) is 0 Å². The number of esters is 1. The van der Waals surface area contributed by atoms with E-state index in [9.17, 15) is 14.4 Å². The lowest BCUT2D eigenvalue weighted by atomic mass is 10.0. The Hall–Kier alpha value is -3.15. The van der Waals surface area contributed by atoms with E-state index in [1.54, 1.807) is 30.3 Å². The fourth-order valence-corrected chi connectivity index (χ4v) is 2.54. The summed E-state index contributed by atoms with van der Waals surface area (Å²) in [6.07, 6.45) is -0.0268. The van der Waals surface area contributed by atoms with Gasteiger partial charge in [0.1, 0.15) is 5.75 Å². The molecule has 0 aromatic heterocycles. The van der Waals surface area contributed by atoms with Crippen LogP contribution in [0.5, 0.6) is 5.75 Å². The highest BCUT2D eigenvalue weighted by atomic mass is 16.5. The minimum atomic E-state index is -0.547. The second-order valence-electron chi connectivity index (χ2n) is 6.11. The Bertz CT molecular complexity index is 844. The molecule has 0 aliphatic rings. The molecule has 0 aliphatic heterocycles. The van der Waals surface area contributed by atoms with Gasteiger partial charge in [0, 0.05) is 12.1 Å². The molecule has 1 N–H and O–H groups in total. The Kier molecular flexibility index (Phi) is 7.11. The average Bonchev–Trinajstić information content (AvgIpc) is 2.67. The summed E-state index contributed by atoms with van der Waals surface area (Å²) in [7, 11) is 1.48. The standard InChI is InChI=1S/C21H23NO5/c1-14-8-9-15(2)17(12-14)18(23)13-27-20(24)10-11-22-21(25)16-6-4-5-7-19(16)26-3/h4-9,12H,10-11,13H2,1-3H3,(H,22,25). The van der Waals surface area contributed by atoms with Crippen LogP contribution in [0, 0.1) is 13.8 Å². The van der Waals surface area contributed by atoms with E-state index < -0.39 is 5.97 Å². The zero-order valence-electron chi connectivity index (χ0n) is 15.7. The van der Waals surface area contributed by atoms with Gasteiger partial charge in [0.05, 0.1) is 19.1 Å². The zero-order chi connectivity index (χ0) is 19.8. The number of methoxy groups -OCH3 is 1. The van der Waals surface area contributed by atoms with Gasteiger partial charge in [-0.1, -0.05) is 29.8 Å². The number of aryl methyl sites for hydroxylation is 2. The maximum Gasteiger partial charge on any atom is 0.308 e. The highest BCUT2D eigenvalue weighted by Gasteiger charge is 2.14. The van der Waals surface area contributed by atoms with Crippen LogP contribution in [-0.4, -0.2) is 37.9 Å². The zero-order valence-corrected chi connectivity index (χ0v) is 15.7. The topological polar surface area (TPSA) is 81.7 Å². The molecule has 2 aromatic rings. The van der Waals surface area contributed by atoms with E-state index in [0.717, 1.165) is 11.1 Å². The first-order chi connectivity index (χ1) is 12.9. The van der Waals surface area contributed by atoms with Gasteiger partial charge < -0.3 is 14.8 Å². The molecule has 6 heteroatoms. The molecular formula is C21H23NO5. The monoisotopic (exact) mass is 369 g/mol. The van der Waals surface area contributed by atoms with Crippen LogP contribution in [0.3, 0.4) is 0 Å². The highest BCUT2D eigenvalue weighted by Crippen LogP contribution is 2.16. The molecule has 0 fully saturated rings. The summed E-state index contributed by atoms with van der Waals surface area (Å²) < 4.78 is 10.1. The molecule has 0 saturated heterocycles. The van der Waals surface area contributed by atoms with Gasteiger partial charge in [-0.2, -0.15) is 0 Å². The molecule has 0 saturated carbocycles. The number of carbonyl (C=O) groups excluding carboxylic acids is 3. The van der Waals surface area contributed by atoms with Crippen molar-refractivity contribution in [1.82, 2.24) is 5.32 Å². The first kappa shape index (κ1) is 20.2. The van der Waals surface area contributed by atoms with Gasteiger partial charge in [-0.15, -0.1) is 0 Å². The number of nitrogens with one attached hydrogen (secondary N) is 1. The van der Waals surface area contributed by atoms with Gasteiger partial charge >= 0.3 is 5.97 Å². The van der Waals surface area contributed by atoms with E-state index in [4.69, 9.17) is 9.47 Å². The number of amides is 1. The third-order valence-corrected chi connectivity index (χ3v) is 4.02. The summed E-state index contributed by atoms with van der Waals surface area (Å²) in [5.41, 5.74) is 2.74. The number of hydrogen-bond donors (Lipinski definition) is 1. The molecule has 2 aromatic carbocycles. The molecule has 0 aliphatic carbocycles. The summed E-state index contributed by atoms with van der Waals surface area (Å²) in [5, 5.41) is 2.64. The van der Waals surface area contributed by atoms with Crippen LogP contribution in [0.25, 0.3) is 0 Å². The van der Waals surface area contributed by atoms with Crippen LogP contribution >= 0.6 is 0 Å². The minimum Gasteiger partial charge on any atom is -0.496 e. The Morgan fingerprint density at radius 1 is 1.00 bits per heavy atom. The number of benzene rings is 2. The third kappa shape index (κ3) is 5.67. The minimum absolute atomic E-state index is 0.0268.